The summed E-state index contributed by atoms with van der Waals surface area (Å²) in [6.07, 6.45) is 10.7. The summed E-state index contributed by atoms with van der Waals surface area (Å²) >= 11 is 0. The fourth-order valence-corrected chi connectivity index (χ4v) is 3.61. The van der Waals surface area contributed by atoms with Crippen molar-refractivity contribution in [2.24, 2.45) is 5.92 Å². The Kier molecular flexibility index (Phi) is 4.29. The fourth-order valence-electron chi connectivity index (χ4n) is 3.61. The molecular formula is C16H28N4. The van der Waals surface area contributed by atoms with Crippen LogP contribution in [0.25, 0.3) is 0 Å². The lowest BCUT2D eigenvalue weighted by atomic mass is 10.1. The second kappa shape index (κ2) is 6.17. The summed E-state index contributed by atoms with van der Waals surface area (Å²) < 4.78 is 2.33. The van der Waals surface area contributed by atoms with E-state index in [0.29, 0.717) is 12.1 Å². The number of anilines is 1. The van der Waals surface area contributed by atoms with E-state index in [1.807, 2.05) is 6.20 Å². The number of hydrogen-bond acceptors (Lipinski definition) is 3. The van der Waals surface area contributed by atoms with Crippen molar-refractivity contribution in [3.8, 4) is 0 Å². The second-order valence-electron chi connectivity index (χ2n) is 6.77. The first-order chi connectivity index (χ1) is 9.72. The minimum atomic E-state index is 0.645. The molecule has 2 aliphatic rings. The van der Waals surface area contributed by atoms with Crippen LogP contribution < -0.4 is 5.32 Å². The van der Waals surface area contributed by atoms with E-state index >= 15 is 0 Å². The zero-order valence-electron chi connectivity index (χ0n) is 12.9. The lowest BCUT2D eigenvalue weighted by Crippen LogP contribution is -2.29. The Morgan fingerprint density at radius 3 is 2.80 bits per heavy atom. The smallest absolute Gasteiger partial charge is 0.202 e. The van der Waals surface area contributed by atoms with Gasteiger partial charge in [-0.3, -0.25) is 0 Å². The summed E-state index contributed by atoms with van der Waals surface area (Å²) in [6, 6.07) is 1.32. The average molecular weight is 276 g/mol. The topological polar surface area (TPSA) is 33.1 Å². The molecule has 4 heteroatoms. The molecule has 1 saturated heterocycles. The molecule has 1 aromatic heterocycles. The van der Waals surface area contributed by atoms with Crippen LogP contribution in [0.15, 0.2) is 12.4 Å². The van der Waals surface area contributed by atoms with Crippen molar-refractivity contribution >= 4 is 5.95 Å². The van der Waals surface area contributed by atoms with Gasteiger partial charge in [-0.2, -0.15) is 0 Å². The number of imidazole rings is 1. The monoisotopic (exact) mass is 276 g/mol. The minimum absolute atomic E-state index is 0.645. The van der Waals surface area contributed by atoms with Crippen LogP contribution in [-0.2, 0) is 6.54 Å². The molecule has 112 valence electrons. The standard InChI is InChI=1S/C16H28N4/c1-13(2)19-9-7-14(11-19)12-20-10-8-17-16(20)18-15-5-3-4-6-15/h8,10,13-15H,3-7,9,11-12H2,1-2H3,(H,17,18). The van der Waals surface area contributed by atoms with Gasteiger partial charge in [0.2, 0.25) is 5.95 Å². The summed E-state index contributed by atoms with van der Waals surface area (Å²) in [5, 5.41) is 3.64. The highest BCUT2D eigenvalue weighted by Gasteiger charge is 2.25. The van der Waals surface area contributed by atoms with Gasteiger partial charge < -0.3 is 14.8 Å². The molecule has 0 spiro atoms. The summed E-state index contributed by atoms with van der Waals surface area (Å²) in [6.45, 7) is 8.19. The van der Waals surface area contributed by atoms with E-state index in [1.54, 1.807) is 0 Å². The summed E-state index contributed by atoms with van der Waals surface area (Å²) in [5.74, 6) is 1.86. The molecular weight excluding hydrogens is 248 g/mol. The van der Waals surface area contributed by atoms with Gasteiger partial charge in [-0.15, -0.1) is 0 Å². The summed E-state index contributed by atoms with van der Waals surface area (Å²) in [5.41, 5.74) is 0. The van der Waals surface area contributed by atoms with Crippen molar-refractivity contribution < 1.29 is 0 Å². The molecule has 0 aromatic carbocycles. The molecule has 0 radical (unpaired) electrons. The normalized spacial score (nSPS) is 24.9. The van der Waals surface area contributed by atoms with E-state index in [9.17, 15) is 0 Å². The Bertz CT molecular complexity index is 420. The van der Waals surface area contributed by atoms with E-state index in [1.165, 1.54) is 45.2 Å². The molecule has 0 amide bonds. The largest absolute Gasteiger partial charge is 0.353 e. The summed E-state index contributed by atoms with van der Waals surface area (Å²) in [4.78, 5) is 7.10. The molecule has 1 aliphatic heterocycles. The summed E-state index contributed by atoms with van der Waals surface area (Å²) in [7, 11) is 0. The van der Waals surface area contributed by atoms with Crippen LogP contribution in [0.4, 0.5) is 5.95 Å². The fraction of sp³-hybridized carbons (Fsp3) is 0.812. The second-order valence-corrected chi connectivity index (χ2v) is 6.77. The van der Waals surface area contributed by atoms with Crippen LogP contribution >= 0.6 is 0 Å². The van der Waals surface area contributed by atoms with Crippen LogP contribution in [-0.4, -0.2) is 39.6 Å². The third-order valence-electron chi connectivity index (χ3n) is 4.91. The van der Waals surface area contributed by atoms with Gasteiger partial charge in [0.05, 0.1) is 0 Å². The Labute approximate surface area is 122 Å². The molecule has 2 heterocycles. The van der Waals surface area contributed by atoms with Crippen molar-refractivity contribution in [3.05, 3.63) is 12.4 Å². The molecule has 0 bridgehead atoms. The lowest BCUT2D eigenvalue weighted by molar-refractivity contribution is 0.261. The van der Waals surface area contributed by atoms with E-state index in [2.05, 4.69) is 39.8 Å². The van der Waals surface area contributed by atoms with Crippen LogP contribution in [0.5, 0.6) is 0 Å². The molecule has 20 heavy (non-hydrogen) atoms. The first kappa shape index (κ1) is 13.9. The van der Waals surface area contributed by atoms with Gasteiger partial charge in [-0.25, -0.2) is 4.98 Å². The number of nitrogens with one attached hydrogen (secondary N) is 1. The van der Waals surface area contributed by atoms with E-state index in [0.717, 1.165) is 18.4 Å². The number of aromatic nitrogens is 2. The van der Waals surface area contributed by atoms with Gasteiger partial charge in [0, 0.05) is 37.6 Å². The highest BCUT2D eigenvalue weighted by molar-refractivity contribution is 5.28. The maximum Gasteiger partial charge on any atom is 0.202 e. The molecule has 1 unspecified atom stereocenters. The third-order valence-corrected chi connectivity index (χ3v) is 4.91. The average Bonchev–Trinajstić information content (AvgIpc) is 3.13. The molecule has 2 fully saturated rings. The molecule has 1 atom stereocenters. The zero-order chi connectivity index (χ0) is 13.9. The highest BCUT2D eigenvalue weighted by atomic mass is 15.2. The van der Waals surface area contributed by atoms with Crippen LogP contribution in [0.3, 0.4) is 0 Å². The van der Waals surface area contributed by atoms with Gasteiger partial charge in [-0.1, -0.05) is 12.8 Å². The quantitative estimate of drug-likeness (QED) is 0.897. The maximum absolute atomic E-state index is 4.51. The number of rotatable bonds is 5. The molecule has 1 aliphatic carbocycles. The first-order valence-corrected chi connectivity index (χ1v) is 8.24. The minimum Gasteiger partial charge on any atom is -0.353 e. The predicted molar refractivity (Wildman–Crippen MR) is 82.9 cm³/mol. The molecule has 3 rings (SSSR count). The van der Waals surface area contributed by atoms with Crippen LogP contribution in [0, 0.1) is 5.92 Å². The Morgan fingerprint density at radius 2 is 2.10 bits per heavy atom. The number of hydrogen-bond donors (Lipinski definition) is 1. The first-order valence-electron chi connectivity index (χ1n) is 8.24. The van der Waals surface area contributed by atoms with Crippen molar-refractivity contribution in [1.82, 2.24) is 14.5 Å². The molecule has 1 N–H and O–H groups in total. The highest BCUT2D eigenvalue weighted by Crippen LogP contribution is 2.24. The molecule has 1 aromatic rings. The number of likely N-dealkylation sites (tertiary alicyclic amines) is 1. The van der Waals surface area contributed by atoms with Gasteiger partial charge in [0.15, 0.2) is 0 Å². The van der Waals surface area contributed by atoms with Gasteiger partial charge in [0.25, 0.3) is 0 Å². The Hall–Kier alpha value is -1.03. The third kappa shape index (κ3) is 3.17. The van der Waals surface area contributed by atoms with E-state index in [4.69, 9.17) is 0 Å². The zero-order valence-corrected chi connectivity index (χ0v) is 12.9. The maximum atomic E-state index is 4.51. The van der Waals surface area contributed by atoms with Gasteiger partial charge >= 0.3 is 0 Å². The van der Waals surface area contributed by atoms with Gasteiger partial charge in [-0.05, 0) is 45.6 Å². The van der Waals surface area contributed by atoms with Crippen molar-refractivity contribution in [3.63, 3.8) is 0 Å². The molecule has 4 nitrogen and oxygen atoms in total. The van der Waals surface area contributed by atoms with Gasteiger partial charge in [0.1, 0.15) is 0 Å². The predicted octanol–water partition coefficient (Wildman–Crippen LogP) is 2.97. The number of nitrogens with zero attached hydrogens (tertiary/aromatic N) is 3. The van der Waals surface area contributed by atoms with Crippen molar-refractivity contribution in [1.29, 1.82) is 0 Å². The van der Waals surface area contributed by atoms with E-state index in [-0.39, 0.29) is 0 Å². The van der Waals surface area contributed by atoms with Crippen molar-refractivity contribution in [2.45, 2.75) is 64.6 Å². The Balaban J connectivity index is 1.56. The van der Waals surface area contributed by atoms with Crippen molar-refractivity contribution in [2.75, 3.05) is 18.4 Å². The Morgan fingerprint density at radius 1 is 1.30 bits per heavy atom. The van der Waals surface area contributed by atoms with E-state index < -0.39 is 0 Å². The van der Waals surface area contributed by atoms with Crippen LogP contribution in [0.2, 0.25) is 0 Å². The molecule has 1 saturated carbocycles. The lowest BCUT2D eigenvalue weighted by Gasteiger charge is -2.21. The SMILES string of the molecule is CC(C)N1CCC(Cn2ccnc2NC2CCCC2)C1. The van der Waals surface area contributed by atoms with Crippen LogP contribution in [0.1, 0.15) is 46.0 Å².